The topological polar surface area (TPSA) is 106 Å². The Morgan fingerprint density at radius 3 is 2.21 bits per heavy atom. The molecule has 0 radical (unpaired) electrons. The van der Waals surface area contributed by atoms with Gasteiger partial charge in [-0.3, -0.25) is 9.59 Å². The molecule has 0 aliphatic carbocycles. The van der Waals surface area contributed by atoms with Crippen molar-refractivity contribution < 1.29 is 35.6 Å². The molecule has 2 amide bonds. The van der Waals surface area contributed by atoms with Crippen LogP contribution in [0.3, 0.4) is 0 Å². The number of benzene rings is 2. The monoisotopic (exact) mass is 418 g/mol. The summed E-state index contributed by atoms with van der Waals surface area (Å²) in [4.78, 5) is 22.4. The van der Waals surface area contributed by atoms with Crippen LogP contribution in [0.5, 0.6) is 0 Å². The maximum atomic E-state index is 13.5. The molecule has 0 aliphatic rings. The van der Waals surface area contributed by atoms with Crippen molar-refractivity contribution in [3.05, 3.63) is 65.5 Å². The van der Waals surface area contributed by atoms with E-state index in [0.29, 0.717) is 12.1 Å². The summed E-state index contributed by atoms with van der Waals surface area (Å²) in [6.07, 6.45) is -5.98. The highest BCUT2D eigenvalue weighted by atomic mass is 32.2. The van der Waals surface area contributed by atoms with E-state index in [9.17, 15) is 35.6 Å². The summed E-state index contributed by atoms with van der Waals surface area (Å²) in [5.74, 6) is -5.98. The predicted octanol–water partition coefficient (Wildman–Crippen LogP) is 2.47. The highest BCUT2D eigenvalue weighted by Gasteiger charge is 2.42. The Balaban J connectivity index is 2.25. The van der Waals surface area contributed by atoms with Crippen LogP contribution in [-0.2, 0) is 14.8 Å². The Bertz CT molecular complexity index is 992. The quantitative estimate of drug-likeness (QED) is 0.703. The summed E-state index contributed by atoms with van der Waals surface area (Å²) in [5.41, 5.74) is 3.97. The highest BCUT2D eigenvalue weighted by molar-refractivity contribution is 7.90. The number of primary amides is 1. The lowest BCUT2D eigenvalue weighted by Crippen LogP contribution is -2.34. The van der Waals surface area contributed by atoms with Crippen LogP contribution in [0.1, 0.15) is 28.3 Å². The Hall–Kier alpha value is -2.95. The first-order valence-electron chi connectivity index (χ1n) is 7.68. The van der Waals surface area contributed by atoms with Gasteiger partial charge in [0, 0.05) is 6.42 Å². The van der Waals surface area contributed by atoms with Gasteiger partial charge in [-0.05, 0) is 23.8 Å². The van der Waals surface area contributed by atoms with Gasteiger partial charge in [-0.15, -0.1) is 0 Å². The molecule has 0 bridgehead atoms. The molecule has 2 aromatic carbocycles. The second kappa shape index (κ2) is 7.97. The van der Waals surface area contributed by atoms with E-state index in [1.54, 1.807) is 0 Å². The van der Waals surface area contributed by atoms with E-state index >= 15 is 0 Å². The first-order chi connectivity index (χ1) is 12.9. The van der Waals surface area contributed by atoms with Crippen molar-refractivity contribution in [3.63, 3.8) is 0 Å². The third-order valence-corrected chi connectivity index (χ3v) is 5.12. The second-order valence-corrected chi connectivity index (χ2v) is 7.43. The van der Waals surface area contributed by atoms with E-state index in [1.165, 1.54) is 35.1 Å². The first kappa shape index (κ1) is 21.4. The normalized spacial score (nSPS) is 13.0. The zero-order chi connectivity index (χ0) is 21.1. The summed E-state index contributed by atoms with van der Waals surface area (Å²) < 4.78 is 79.2. The number of sulfonamides is 1. The van der Waals surface area contributed by atoms with Crippen LogP contribution in [-0.4, -0.2) is 26.4 Å². The molecule has 0 spiro atoms. The van der Waals surface area contributed by atoms with Gasteiger partial charge in [0.05, 0.1) is 16.4 Å². The number of alkyl halides is 3. The molecule has 28 heavy (non-hydrogen) atoms. The molecule has 6 nitrogen and oxygen atoms in total. The molecule has 11 heteroatoms. The van der Waals surface area contributed by atoms with E-state index in [4.69, 9.17) is 5.73 Å². The van der Waals surface area contributed by atoms with Gasteiger partial charge in [0.15, 0.2) is 0 Å². The molecule has 0 saturated carbocycles. The van der Waals surface area contributed by atoms with Crippen LogP contribution in [0.15, 0.2) is 53.4 Å². The molecule has 2 aromatic rings. The van der Waals surface area contributed by atoms with Crippen molar-refractivity contribution >= 4 is 21.8 Å². The maximum absolute atomic E-state index is 13.5. The maximum Gasteiger partial charge on any atom is 0.396 e. The molecule has 0 aliphatic heterocycles. The van der Waals surface area contributed by atoms with Gasteiger partial charge in [-0.1, -0.05) is 30.3 Å². The Morgan fingerprint density at radius 2 is 1.68 bits per heavy atom. The number of rotatable bonds is 6. The SMILES string of the molecule is NC(=O)c1cc(S(=O)(=O)NC(=O)C[C@H](c2ccccc2)C(F)(F)F)ccc1F. The average molecular weight is 418 g/mol. The molecular weight excluding hydrogens is 404 g/mol. The Kier molecular flexibility index (Phi) is 6.07. The predicted molar refractivity (Wildman–Crippen MR) is 90.1 cm³/mol. The molecule has 1 atom stereocenters. The minimum absolute atomic E-state index is 0.208. The van der Waals surface area contributed by atoms with Crippen LogP contribution in [0, 0.1) is 5.82 Å². The Morgan fingerprint density at radius 1 is 1.07 bits per heavy atom. The van der Waals surface area contributed by atoms with Crippen LogP contribution >= 0.6 is 0 Å². The van der Waals surface area contributed by atoms with Gasteiger partial charge in [-0.2, -0.15) is 13.2 Å². The zero-order valence-corrected chi connectivity index (χ0v) is 14.9. The van der Waals surface area contributed by atoms with Gasteiger partial charge >= 0.3 is 6.18 Å². The fourth-order valence-corrected chi connectivity index (χ4v) is 3.43. The summed E-state index contributed by atoms with van der Waals surface area (Å²) in [6.45, 7) is 0. The molecule has 0 aromatic heterocycles. The average Bonchev–Trinajstić information content (AvgIpc) is 2.59. The minimum atomic E-state index is -4.79. The fourth-order valence-electron chi connectivity index (χ4n) is 2.40. The van der Waals surface area contributed by atoms with Crippen LogP contribution in [0.2, 0.25) is 0 Å². The summed E-state index contributed by atoms with van der Waals surface area (Å²) in [5, 5.41) is 0. The number of hydrogen-bond acceptors (Lipinski definition) is 4. The van der Waals surface area contributed by atoms with Crippen molar-refractivity contribution in [1.29, 1.82) is 0 Å². The van der Waals surface area contributed by atoms with Gasteiger partial charge in [0.1, 0.15) is 5.82 Å². The molecule has 0 fully saturated rings. The lowest BCUT2D eigenvalue weighted by molar-refractivity contribution is -0.156. The number of hydrogen-bond donors (Lipinski definition) is 2. The molecule has 0 unspecified atom stereocenters. The number of carbonyl (C=O) groups excluding carboxylic acids is 2. The number of nitrogens with one attached hydrogen (secondary N) is 1. The van der Waals surface area contributed by atoms with E-state index < -0.39 is 56.6 Å². The number of nitrogens with two attached hydrogens (primary N) is 1. The van der Waals surface area contributed by atoms with E-state index in [0.717, 1.165) is 6.07 Å². The van der Waals surface area contributed by atoms with Crippen LogP contribution in [0.25, 0.3) is 0 Å². The smallest absolute Gasteiger partial charge is 0.366 e. The number of amides is 2. The summed E-state index contributed by atoms with van der Waals surface area (Å²) in [7, 11) is -4.65. The van der Waals surface area contributed by atoms with Crippen molar-refractivity contribution in [2.75, 3.05) is 0 Å². The molecule has 0 saturated heterocycles. The fraction of sp³-hybridized carbons (Fsp3) is 0.176. The van der Waals surface area contributed by atoms with Crippen LogP contribution < -0.4 is 10.5 Å². The van der Waals surface area contributed by atoms with Crippen molar-refractivity contribution in [2.24, 2.45) is 5.73 Å². The summed E-state index contributed by atoms with van der Waals surface area (Å²) in [6, 6.07) is 8.51. The van der Waals surface area contributed by atoms with Gasteiger partial charge < -0.3 is 5.73 Å². The van der Waals surface area contributed by atoms with E-state index in [1.807, 2.05) is 0 Å². The molecular formula is C17H14F4N2O4S. The highest BCUT2D eigenvalue weighted by Crippen LogP contribution is 2.37. The van der Waals surface area contributed by atoms with Gasteiger partial charge in [0.25, 0.3) is 15.9 Å². The van der Waals surface area contributed by atoms with E-state index in [-0.39, 0.29) is 5.56 Å². The molecule has 0 heterocycles. The third-order valence-electron chi connectivity index (χ3n) is 3.75. The van der Waals surface area contributed by atoms with Crippen molar-refractivity contribution in [2.45, 2.75) is 23.4 Å². The Labute approximate surface area is 157 Å². The lowest BCUT2D eigenvalue weighted by atomic mass is 9.95. The zero-order valence-electron chi connectivity index (χ0n) is 14.0. The van der Waals surface area contributed by atoms with Crippen molar-refractivity contribution in [3.8, 4) is 0 Å². The van der Waals surface area contributed by atoms with Crippen LogP contribution in [0.4, 0.5) is 17.6 Å². The van der Waals surface area contributed by atoms with Crippen molar-refractivity contribution in [1.82, 2.24) is 4.72 Å². The molecule has 3 N–H and O–H groups in total. The lowest BCUT2D eigenvalue weighted by Gasteiger charge is -2.20. The van der Waals surface area contributed by atoms with E-state index in [2.05, 4.69) is 0 Å². The van der Waals surface area contributed by atoms with Gasteiger partial charge in [0.2, 0.25) is 5.91 Å². The van der Waals surface area contributed by atoms with Gasteiger partial charge in [-0.25, -0.2) is 17.5 Å². The second-order valence-electron chi connectivity index (χ2n) is 5.74. The molecule has 2 rings (SSSR count). The third kappa shape index (κ3) is 5.06. The number of halogens is 4. The largest absolute Gasteiger partial charge is 0.396 e. The first-order valence-corrected chi connectivity index (χ1v) is 9.17. The minimum Gasteiger partial charge on any atom is -0.366 e. The summed E-state index contributed by atoms with van der Waals surface area (Å²) >= 11 is 0. The molecule has 150 valence electrons. The standard InChI is InChI=1S/C17H14F4N2O4S/c18-14-7-6-11(8-12(14)16(22)25)28(26,27)23-15(24)9-13(17(19,20)21)10-4-2-1-3-5-10/h1-8,13H,9H2,(H2,22,25)(H,23,24)/t13-/m1/s1. The number of carbonyl (C=O) groups is 2.